The van der Waals surface area contributed by atoms with Crippen molar-refractivity contribution in [3.8, 4) is 0 Å². The van der Waals surface area contributed by atoms with Crippen molar-refractivity contribution in [1.29, 1.82) is 0 Å². The Labute approximate surface area is 172 Å². The van der Waals surface area contributed by atoms with Gasteiger partial charge >= 0.3 is 5.66 Å². The van der Waals surface area contributed by atoms with Crippen LogP contribution in [0.3, 0.4) is 0 Å². The second-order valence-corrected chi connectivity index (χ2v) is 6.13. The molecule has 0 rings (SSSR count). The van der Waals surface area contributed by atoms with Crippen LogP contribution in [0.4, 0.5) is 0 Å². The maximum atomic E-state index is 10.8. The van der Waals surface area contributed by atoms with Crippen LogP contribution in [-0.4, -0.2) is 21.8 Å². The standard InChI is InChI=1S/C22H30N2O5/c1-2-3-4-5-6-7-8-9-10-11-12-13-14-15-16-17-18-19-20-22(21-25,23(26)27)24(28)29/h3-4,6-7,9-10,12-13,15-16,18-19,21H,2,5,8,11,14,17,20H2,1H3/b4-3+,7-6+,10-9+,13-12+,16-15+,19-18+. The predicted molar refractivity (Wildman–Crippen MR) is 116 cm³/mol. The highest BCUT2D eigenvalue weighted by atomic mass is 16.7. The van der Waals surface area contributed by atoms with Gasteiger partial charge in [0.1, 0.15) is 16.3 Å². The summed E-state index contributed by atoms with van der Waals surface area (Å²) < 4.78 is 0. The molecule has 0 aliphatic carbocycles. The maximum Gasteiger partial charge on any atom is 0.516 e. The predicted octanol–water partition coefficient (Wildman–Crippen LogP) is 5.52. The van der Waals surface area contributed by atoms with Gasteiger partial charge in [-0.15, -0.1) is 0 Å². The molecule has 29 heavy (non-hydrogen) atoms. The maximum absolute atomic E-state index is 10.8. The van der Waals surface area contributed by atoms with E-state index in [1.807, 2.05) is 18.2 Å². The molecule has 0 aliphatic rings. The monoisotopic (exact) mass is 402 g/mol. The van der Waals surface area contributed by atoms with Crippen molar-refractivity contribution in [1.82, 2.24) is 0 Å². The molecule has 0 unspecified atom stereocenters. The van der Waals surface area contributed by atoms with Crippen LogP contribution in [-0.2, 0) is 4.79 Å². The topological polar surface area (TPSA) is 103 Å². The molecular formula is C22H30N2O5. The molecule has 0 heterocycles. The largest absolute Gasteiger partial charge is 0.516 e. The number of carbonyl (C=O) groups excluding carboxylic acids is 1. The number of aldehydes is 1. The molecule has 0 saturated carbocycles. The van der Waals surface area contributed by atoms with Crippen molar-refractivity contribution in [2.45, 2.75) is 57.5 Å². The lowest BCUT2D eigenvalue weighted by Crippen LogP contribution is -2.47. The van der Waals surface area contributed by atoms with Crippen molar-refractivity contribution in [3.63, 3.8) is 0 Å². The van der Waals surface area contributed by atoms with E-state index < -0.39 is 21.9 Å². The van der Waals surface area contributed by atoms with Gasteiger partial charge in [0.25, 0.3) is 6.29 Å². The van der Waals surface area contributed by atoms with Crippen LogP contribution >= 0.6 is 0 Å². The molecule has 0 aromatic rings. The third-order valence-electron chi connectivity index (χ3n) is 3.84. The van der Waals surface area contributed by atoms with Gasteiger partial charge in [-0.05, 0) is 38.5 Å². The van der Waals surface area contributed by atoms with Gasteiger partial charge in [-0.2, -0.15) is 0 Å². The molecule has 7 heteroatoms. The van der Waals surface area contributed by atoms with Gasteiger partial charge < -0.3 is 0 Å². The van der Waals surface area contributed by atoms with Crippen LogP contribution in [0.15, 0.2) is 72.9 Å². The van der Waals surface area contributed by atoms with E-state index in [9.17, 15) is 25.0 Å². The number of nitro groups is 2. The summed E-state index contributed by atoms with van der Waals surface area (Å²) in [6, 6.07) is 0. The van der Waals surface area contributed by atoms with E-state index >= 15 is 0 Å². The Balaban J connectivity index is 3.98. The van der Waals surface area contributed by atoms with Gasteiger partial charge in [0.05, 0.1) is 0 Å². The zero-order valence-electron chi connectivity index (χ0n) is 16.9. The molecule has 7 nitrogen and oxygen atoms in total. The molecule has 0 aromatic carbocycles. The number of rotatable bonds is 16. The SMILES string of the molecule is CC/C=C/C/C=C/C/C=C/C/C=C/C/C=C/C/C=C/CC(C=O)([N+](=O)[O-])[N+](=O)[O-]. The van der Waals surface area contributed by atoms with Crippen molar-refractivity contribution in [2.24, 2.45) is 0 Å². The summed E-state index contributed by atoms with van der Waals surface area (Å²) in [5.41, 5.74) is -2.79. The molecule has 0 bridgehead atoms. The van der Waals surface area contributed by atoms with E-state index in [1.54, 1.807) is 6.08 Å². The van der Waals surface area contributed by atoms with Gasteiger partial charge in [-0.1, -0.05) is 79.8 Å². The van der Waals surface area contributed by atoms with E-state index in [1.165, 1.54) is 6.08 Å². The van der Waals surface area contributed by atoms with Gasteiger partial charge in [-0.25, -0.2) is 0 Å². The first-order chi connectivity index (χ1) is 14.0. The summed E-state index contributed by atoms with van der Waals surface area (Å²) >= 11 is 0. The summed E-state index contributed by atoms with van der Waals surface area (Å²) in [7, 11) is 0. The van der Waals surface area contributed by atoms with Crippen molar-refractivity contribution in [3.05, 3.63) is 93.1 Å². The van der Waals surface area contributed by atoms with E-state index in [2.05, 4.69) is 49.5 Å². The Morgan fingerprint density at radius 2 is 0.931 bits per heavy atom. The second kappa shape index (κ2) is 17.0. The highest BCUT2D eigenvalue weighted by molar-refractivity contribution is 5.59. The summed E-state index contributed by atoms with van der Waals surface area (Å²) in [6.07, 6.45) is 27.9. The first-order valence-electron chi connectivity index (χ1n) is 9.66. The first-order valence-corrected chi connectivity index (χ1v) is 9.66. The Hall–Kier alpha value is -3.09. The number of hydrogen-bond acceptors (Lipinski definition) is 5. The number of nitrogens with zero attached hydrogens (tertiary/aromatic N) is 2. The minimum atomic E-state index is -2.79. The lowest BCUT2D eigenvalue weighted by atomic mass is 10.1. The van der Waals surface area contributed by atoms with Crippen LogP contribution in [0.1, 0.15) is 51.9 Å². The highest BCUT2D eigenvalue weighted by Gasteiger charge is 2.55. The molecular weight excluding hydrogens is 372 g/mol. The Kier molecular flexibility index (Phi) is 15.2. The molecule has 0 aromatic heterocycles. The lowest BCUT2D eigenvalue weighted by molar-refractivity contribution is -0.772. The van der Waals surface area contributed by atoms with E-state index in [-0.39, 0.29) is 6.29 Å². The van der Waals surface area contributed by atoms with Gasteiger partial charge in [0, 0.05) is 0 Å². The fourth-order valence-corrected chi connectivity index (χ4v) is 2.13. The molecule has 0 amide bonds. The zero-order chi connectivity index (χ0) is 21.8. The Morgan fingerprint density at radius 3 is 1.21 bits per heavy atom. The lowest BCUT2D eigenvalue weighted by Gasteiger charge is -2.07. The Morgan fingerprint density at radius 1 is 0.621 bits per heavy atom. The number of hydrogen-bond donors (Lipinski definition) is 0. The summed E-state index contributed by atoms with van der Waals surface area (Å²) in [5.74, 6) is 0. The van der Waals surface area contributed by atoms with Crippen molar-refractivity contribution < 1.29 is 14.6 Å². The van der Waals surface area contributed by atoms with Gasteiger partial charge in [-0.3, -0.25) is 25.0 Å². The number of allylic oxidation sites excluding steroid dienone is 11. The molecule has 0 fully saturated rings. The van der Waals surface area contributed by atoms with Crippen LogP contribution in [0.25, 0.3) is 0 Å². The number of carbonyl (C=O) groups is 1. The smallest absolute Gasteiger partial charge is 0.287 e. The molecule has 0 N–H and O–H groups in total. The molecule has 0 atom stereocenters. The quantitative estimate of drug-likeness (QED) is 0.111. The summed E-state index contributed by atoms with van der Waals surface area (Å²) in [5, 5.41) is 21.5. The minimum absolute atomic E-state index is 0.229. The molecule has 0 aliphatic heterocycles. The summed E-state index contributed by atoms with van der Waals surface area (Å²) in [6.45, 7) is 2.12. The third-order valence-corrected chi connectivity index (χ3v) is 3.84. The average molecular weight is 402 g/mol. The fourth-order valence-electron chi connectivity index (χ4n) is 2.13. The van der Waals surface area contributed by atoms with Crippen LogP contribution < -0.4 is 0 Å². The fraction of sp³-hybridized carbons (Fsp3) is 0.409. The average Bonchev–Trinajstić information content (AvgIpc) is 2.69. The first kappa shape index (κ1) is 25.9. The van der Waals surface area contributed by atoms with Gasteiger partial charge in [0.2, 0.25) is 0 Å². The zero-order valence-corrected chi connectivity index (χ0v) is 16.9. The van der Waals surface area contributed by atoms with Crippen LogP contribution in [0.2, 0.25) is 0 Å². The molecule has 158 valence electrons. The highest BCUT2D eigenvalue weighted by Crippen LogP contribution is 2.14. The van der Waals surface area contributed by atoms with E-state index in [0.717, 1.165) is 32.1 Å². The van der Waals surface area contributed by atoms with E-state index in [4.69, 9.17) is 0 Å². The van der Waals surface area contributed by atoms with Crippen LogP contribution in [0, 0.1) is 20.2 Å². The van der Waals surface area contributed by atoms with Crippen molar-refractivity contribution >= 4 is 6.29 Å². The summed E-state index contributed by atoms with van der Waals surface area (Å²) in [4.78, 5) is 30.0. The van der Waals surface area contributed by atoms with Gasteiger partial charge in [0.15, 0.2) is 0 Å². The molecule has 0 radical (unpaired) electrons. The van der Waals surface area contributed by atoms with E-state index in [0.29, 0.717) is 6.42 Å². The normalized spacial score (nSPS) is 13.1. The third kappa shape index (κ3) is 12.1. The van der Waals surface area contributed by atoms with Crippen molar-refractivity contribution in [2.75, 3.05) is 0 Å². The Bertz CT molecular complexity index is 659. The minimum Gasteiger partial charge on any atom is -0.287 e. The molecule has 0 saturated heterocycles. The molecule has 0 spiro atoms. The second-order valence-electron chi connectivity index (χ2n) is 6.13. The van der Waals surface area contributed by atoms with Crippen LogP contribution in [0.5, 0.6) is 0 Å².